The SMILES string of the molecule is Cc1ccc([B-](C2=CC=C[C+]=C2)(c2ccccc2)c2ccccc2)cc1. The van der Waals surface area contributed by atoms with E-state index >= 15 is 0 Å². The molecule has 0 aliphatic heterocycles. The Hall–Kier alpha value is -3.15. The molecule has 0 unspecified atom stereocenters. The molecule has 0 atom stereocenters. The molecule has 0 nitrogen and oxygen atoms in total. The van der Waals surface area contributed by atoms with Crippen molar-refractivity contribution < 1.29 is 0 Å². The Kier molecular flexibility index (Phi) is 4.40. The molecule has 1 aliphatic carbocycles. The summed E-state index contributed by atoms with van der Waals surface area (Å²) in [5.74, 6) is 0. The Morgan fingerprint density at radius 2 is 1.19 bits per heavy atom. The summed E-state index contributed by atoms with van der Waals surface area (Å²) < 4.78 is 0. The van der Waals surface area contributed by atoms with Gasteiger partial charge in [0, 0.05) is 18.2 Å². The van der Waals surface area contributed by atoms with Crippen LogP contribution in [0.2, 0.25) is 0 Å². The van der Waals surface area contributed by atoms with Crippen molar-refractivity contribution in [2.75, 3.05) is 0 Å². The van der Waals surface area contributed by atoms with Crippen LogP contribution in [-0.2, 0) is 0 Å². The van der Waals surface area contributed by atoms with Gasteiger partial charge in [-0.15, -0.1) is 0 Å². The summed E-state index contributed by atoms with van der Waals surface area (Å²) in [6.45, 7) is 2.14. The molecule has 0 saturated heterocycles. The molecule has 0 amide bonds. The van der Waals surface area contributed by atoms with Gasteiger partial charge < -0.3 is 0 Å². The number of hydrogen-bond acceptors (Lipinski definition) is 0. The summed E-state index contributed by atoms with van der Waals surface area (Å²) in [5.41, 5.74) is 6.53. The molecule has 1 aliphatic rings. The molecule has 124 valence electrons. The van der Waals surface area contributed by atoms with Crippen molar-refractivity contribution in [3.63, 3.8) is 0 Å². The van der Waals surface area contributed by atoms with Gasteiger partial charge in [-0.05, 0) is 6.92 Å². The maximum Gasteiger partial charge on any atom is 0.171 e. The van der Waals surface area contributed by atoms with E-state index in [1.807, 2.05) is 6.08 Å². The zero-order chi connectivity index (χ0) is 17.8. The van der Waals surface area contributed by atoms with Crippen molar-refractivity contribution in [1.82, 2.24) is 0 Å². The highest BCUT2D eigenvalue weighted by Gasteiger charge is 2.37. The molecular formula is C25H21B. The summed E-state index contributed by atoms with van der Waals surface area (Å²) in [5, 5.41) is 0. The number of aryl methyl sites for hydroxylation is 1. The molecule has 3 aromatic rings. The summed E-state index contributed by atoms with van der Waals surface area (Å²) >= 11 is 0. The largest absolute Gasteiger partial charge is 0.181 e. The lowest BCUT2D eigenvalue weighted by molar-refractivity contribution is 1.48. The predicted octanol–water partition coefficient (Wildman–Crippen LogP) is 3.86. The Balaban J connectivity index is 2.10. The third kappa shape index (κ3) is 2.73. The van der Waals surface area contributed by atoms with Gasteiger partial charge in [-0.1, -0.05) is 96.0 Å². The van der Waals surface area contributed by atoms with Crippen molar-refractivity contribution in [3.05, 3.63) is 126 Å². The van der Waals surface area contributed by atoms with Crippen LogP contribution in [0.3, 0.4) is 0 Å². The number of hydrogen-bond donors (Lipinski definition) is 0. The van der Waals surface area contributed by atoms with Crippen LogP contribution in [0.25, 0.3) is 0 Å². The van der Waals surface area contributed by atoms with Crippen LogP contribution < -0.4 is 16.4 Å². The first kappa shape index (κ1) is 16.3. The fraction of sp³-hybridized carbons (Fsp3) is 0.0400. The summed E-state index contributed by atoms with van der Waals surface area (Å²) in [6, 6.07) is 30.7. The van der Waals surface area contributed by atoms with E-state index in [0.717, 1.165) is 0 Å². The molecule has 26 heavy (non-hydrogen) atoms. The van der Waals surface area contributed by atoms with Gasteiger partial charge in [0.05, 0.1) is 6.08 Å². The topological polar surface area (TPSA) is 0 Å². The number of rotatable bonds is 4. The zero-order valence-corrected chi connectivity index (χ0v) is 15.0. The van der Waals surface area contributed by atoms with Crippen LogP contribution in [0, 0.1) is 13.0 Å². The lowest BCUT2D eigenvalue weighted by atomic mass is 9.12. The van der Waals surface area contributed by atoms with Crippen LogP contribution >= 0.6 is 0 Å². The average molecular weight is 332 g/mol. The molecule has 0 bridgehead atoms. The molecule has 0 N–H and O–H groups in total. The van der Waals surface area contributed by atoms with Crippen molar-refractivity contribution in [1.29, 1.82) is 0 Å². The van der Waals surface area contributed by atoms with E-state index in [9.17, 15) is 0 Å². The van der Waals surface area contributed by atoms with Gasteiger partial charge in [0.2, 0.25) is 0 Å². The maximum atomic E-state index is 3.30. The highest BCUT2D eigenvalue weighted by atomic mass is 14.1. The molecule has 1 heteroatoms. The first-order valence-corrected chi connectivity index (χ1v) is 9.12. The second-order valence-corrected chi connectivity index (χ2v) is 6.93. The van der Waals surface area contributed by atoms with E-state index in [-0.39, 0.29) is 0 Å². The highest BCUT2D eigenvalue weighted by molar-refractivity contribution is 7.16. The molecule has 0 saturated carbocycles. The van der Waals surface area contributed by atoms with E-state index in [4.69, 9.17) is 0 Å². The quantitative estimate of drug-likeness (QED) is 0.503. The van der Waals surface area contributed by atoms with Crippen molar-refractivity contribution >= 4 is 22.5 Å². The van der Waals surface area contributed by atoms with Gasteiger partial charge in [-0.3, -0.25) is 0 Å². The van der Waals surface area contributed by atoms with Crippen molar-refractivity contribution in [2.24, 2.45) is 0 Å². The Morgan fingerprint density at radius 1 is 0.654 bits per heavy atom. The van der Waals surface area contributed by atoms with E-state index in [2.05, 4.69) is 116 Å². The lowest BCUT2D eigenvalue weighted by Crippen LogP contribution is -2.68. The maximum absolute atomic E-state index is 3.30. The van der Waals surface area contributed by atoms with Crippen LogP contribution in [-0.4, -0.2) is 6.15 Å². The predicted molar refractivity (Wildman–Crippen MR) is 114 cm³/mol. The van der Waals surface area contributed by atoms with Gasteiger partial charge in [0.15, 0.2) is 6.15 Å². The number of allylic oxidation sites excluding steroid dienone is 6. The monoisotopic (exact) mass is 332 g/mol. The first-order valence-electron chi connectivity index (χ1n) is 9.12. The van der Waals surface area contributed by atoms with Crippen molar-refractivity contribution in [3.8, 4) is 0 Å². The summed E-state index contributed by atoms with van der Waals surface area (Å²) in [6.07, 6.45) is 10.5. The second-order valence-electron chi connectivity index (χ2n) is 6.93. The van der Waals surface area contributed by atoms with E-state index in [1.54, 1.807) is 0 Å². The number of benzene rings is 3. The molecule has 0 radical (unpaired) electrons. The molecular weight excluding hydrogens is 311 g/mol. The van der Waals surface area contributed by atoms with Crippen LogP contribution in [0.5, 0.6) is 0 Å². The van der Waals surface area contributed by atoms with Gasteiger partial charge in [0.25, 0.3) is 0 Å². The molecule has 4 rings (SSSR count). The first-order chi connectivity index (χ1) is 12.8. The molecule has 0 heterocycles. The smallest absolute Gasteiger partial charge is 0.171 e. The third-order valence-electron chi connectivity index (χ3n) is 5.41. The molecule has 3 aromatic carbocycles. The fourth-order valence-corrected chi connectivity index (χ4v) is 4.17. The standard InChI is InChI=1S/C25H21B/c1-21-17-19-25(20-18-21)26(22-11-5-2-6-12-22,23-13-7-3-8-14-23)24-15-9-4-10-16-24/h2-9,11-20H,1H3. The van der Waals surface area contributed by atoms with E-state index < -0.39 is 6.15 Å². The minimum atomic E-state index is -1.26. The van der Waals surface area contributed by atoms with Crippen molar-refractivity contribution in [2.45, 2.75) is 6.92 Å². The third-order valence-corrected chi connectivity index (χ3v) is 5.41. The summed E-state index contributed by atoms with van der Waals surface area (Å²) in [4.78, 5) is 0. The van der Waals surface area contributed by atoms with Gasteiger partial charge in [0.1, 0.15) is 6.08 Å². The van der Waals surface area contributed by atoms with E-state index in [0.29, 0.717) is 0 Å². The Bertz CT molecular complexity index is 922. The van der Waals surface area contributed by atoms with Gasteiger partial charge in [-0.25, -0.2) is 0 Å². The molecule has 0 aromatic heterocycles. The van der Waals surface area contributed by atoms with E-state index in [1.165, 1.54) is 27.4 Å². The Labute approximate surface area is 156 Å². The normalized spacial score (nSPS) is 13.2. The van der Waals surface area contributed by atoms with Gasteiger partial charge in [-0.2, -0.15) is 16.4 Å². The second kappa shape index (κ2) is 7.00. The lowest BCUT2D eigenvalue weighted by Gasteiger charge is -2.41. The minimum absolute atomic E-state index is 1.26. The van der Waals surface area contributed by atoms with Crippen LogP contribution in [0.4, 0.5) is 0 Å². The fourth-order valence-electron chi connectivity index (χ4n) is 4.17. The summed E-state index contributed by atoms with van der Waals surface area (Å²) in [7, 11) is 0. The Morgan fingerprint density at radius 3 is 1.69 bits per heavy atom. The zero-order valence-electron chi connectivity index (χ0n) is 15.0. The van der Waals surface area contributed by atoms with Crippen LogP contribution in [0.15, 0.2) is 115 Å². The van der Waals surface area contributed by atoms with Crippen LogP contribution in [0.1, 0.15) is 5.56 Å². The molecule has 0 spiro atoms. The average Bonchev–Trinajstić information content (AvgIpc) is 2.72. The minimum Gasteiger partial charge on any atom is -0.181 e. The van der Waals surface area contributed by atoms with Gasteiger partial charge >= 0.3 is 0 Å². The highest BCUT2D eigenvalue weighted by Crippen LogP contribution is 2.20. The molecule has 0 fully saturated rings.